The summed E-state index contributed by atoms with van der Waals surface area (Å²) in [4.78, 5) is 14.9. The van der Waals surface area contributed by atoms with E-state index in [2.05, 4.69) is 4.98 Å². The molecule has 0 aromatic carbocycles. The van der Waals surface area contributed by atoms with Gasteiger partial charge in [0.1, 0.15) is 0 Å². The van der Waals surface area contributed by atoms with Crippen LogP contribution in [0, 0.1) is 0 Å². The fourth-order valence-electron chi connectivity index (χ4n) is 1.42. The molecule has 0 radical (unpaired) electrons. The fraction of sp³-hybridized carbons (Fsp3) is 0.200. The largest absolute Gasteiger partial charge is 0.417 e. The van der Waals surface area contributed by atoms with Gasteiger partial charge >= 0.3 is 6.18 Å². The lowest BCUT2D eigenvalue weighted by Crippen LogP contribution is -2.08. The summed E-state index contributed by atoms with van der Waals surface area (Å²) in [5.41, 5.74) is -0.348. The lowest BCUT2D eigenvalue weighted by molar-refractivity contribution is -0.137. The first-order chi connectivity index (χ1) is 7.39. The van der Waals surface area contributed by atoms with Crippen LogP contribution in [-0.2, 0) is 6.18 Å². The predicted molar refractivity (Wildman–Crippen MR) is 50.2 cm³/mol. The van der Waals surface area contributed by atoms with Crippen molar-refractivity contribution in [1.29, 1.82) is 0 Å². The van der Waals surface area contributed by atoms with Crippen molar-refractivity contribution in [3.8, 4) is 0 Å². The molecule has 2 rings (SSSR count). The minimum absolute atomic E-state index is 0.00102. The highest BCUT2D eigenvalue weighted by Crippen LogP contribution is 2.29. The molecule has 0 aliphatic rings. The number of imidazole rings is 1. The van der Waals surface area contributed by atoms with Crippen molar-refractivity contribution in [2.75, 3.05) is 0 Å². The third kappa shape index (κ3) is 1.66. The van der Waals surface area contributed by atoms with Crippen LogP contribution in [0.2, 0.25) is 0 Å². The molecule has 0 saturated carbocycles. The lowest BCUT2D eigenvalue weighted by atomic mass is 10.2. The van der Waals surface area contributed by atoms with E-state index < -0.39 is 11.7 Å². The predicted octanol–water partition coefficient (Wildman–Crippen LogP) is 2.56. The van der Waals surface area contributed by atoms with Crippen LogP contribution in [0.25, 0.3) is 5.52 Å². The highest BCUT2D eigenvalue weighted by molar-refractivity contribution is 5.91. The monoisotopic (exact) mass is 228 g/mol. The molecule has 0 saturated heterocycles. The number of nitrogens with zero attached hydrogens (tertiary/aromatic N) is 2. The maximum atomic E-state index is 12.4. The van der Waals surface area contributed by atoms with Gasteiger partial charge in [0.2, 0.25) is 0 Å². The van der Waals surface area contributed by atoms with Crippen LogP contribution in [0.1, 0.15) is 23.1 Å². The van der Waals surface area contributed by atoms with Gasteiger partial charge < -0.3 is 0 Å². The molecule has 84 valence electrons. The average molecular weight is 228 g/mol. The summed E-state index contributed by atoms with van der Waals surface area (Å²) < 4.78 is 38.5. The zero-order valence-electron chi connectivity index (χ0n) is 8.25. The summed E-state index contributed by atoms with van der Waals surface area (Å²) in [5, 5.41) is 0. The molecule has 2 heterocycles. The molecule has 0 bridgehead atoms. The number of halogens is 3. The van der Waals surface area contributed by atoms with E-state index in [1.165, 1.54) is 19.2 Å². The molecule has 0 N–H and O–H groups in total. The van der Waals surface area contributed by atoms with Gasteiger partial charge in [0.15, 0.2) is 11.6 Å². The number of rotatable bonds is 1. The van der Waals surface area contributed by atoms with Crippen LogP contribution in [0.3, 0.4) is 0 Å². The molecular formula is C10H7F3N2O. The number of fused-ring (bicyclic) bond motifs is 1. The van der Waals surface area contributed by atoms with Crippen molar-refractivity contribution >= 4 is 11.3 Å². The Balaban J connectivity index is 2.68. The van der Waals surface area contributed by atoms with E-state index in [0.29, 0.717) is 5.52 Å². The third-order valence-electron chi connectivity index (χ3n) is 2.17. The van der Waals surface area contributed by atoms with Crippen LogP contribution in [0.15, 0.2) is 24.5 Å². The Hall–Kier alpha value is -1.85. The second-order valence-corrected chi connectivity index (χ2v) is 3.35. The molecule has 0 atom stereocenters. The van der Waals surface area contributed by atoms with E-state index in [4.69, 9.17) is 0 Å². The fourth-order valence-corrected chi connectivity index (χ4v) is 1.42. The van der Waals surface area contributed by atoms with Crippen molar-refractivity contribution in [1.82, 2.24) is 9.38 Å². The van der Waals surface area contributed by atoms with Gasteiger partial charge in [-0.1, -0.05) is 0 Å². The van der Waals surface area contributed by atoms with Crippen LogP contribution >= 0.6 is 0 Å². The Morgan fingerprint density at radius 2 is 2.06 bits per heavy atom. The topological polar surface area (TPSA) is 34.4 Å². The molecule has 0 aliphatic heterocycles. The van der Waals surface area contributed by atoms with E-state index in [0.717, 1.165) is 16.7 Å². The standard InChI is InChI=1S/C10H7F3N2O/c1-6(16)9-14-4-8-3-2-7(5-15(8)9)10(11,12)13/h2-5H,1H3. The van der Waals surface area contributed by atoms with Crippen LogP contribution in [0.5, 0.6) is 0 Å². The number of ketones is 1. The Morgan fingerprint density at radius 1 is 1.38 bits per heavy atom. The Kier molecular flexibility index (Phi) is 2.22. The summed E-state index contributed by atoms with van der Waals surface area (Å²) in [6, 6.07) is 2.24. The molecule has 2 aromatic rings. The smallest absolute Gasteiger partial charge is 0.297 e. The Labute approximate surface area is 88.5 Å². The van der Waals surface area contributed by atoms with Crippen molar-refractivity contribution in [3.05, 3.63) is 35.9 Å². The maximum absolute atomic E-state index is 12.4. The zero-order chi connectivity index (χ0) is 11.9. The molecule has 6 heteroatoms. The summed E-state index contributed by atoms with van der Waals surface area (Å²) in [7, 11) is 0. The minimum Gasteiger partial charge on any atom is -0.297 e. The summed E-state index contributed by atoms with van der Waals surface area (Å²) >= 11 is 0. The number of aromatic nitrogens is 2. The maximum Gasteiger partial charge on any atom is 0.417 e. The number of hydrogen-bond acceptors (Lipinski definition) is 2. The molecule has 2 aromatic heterocycles. The second-order valence-electron chi connectivity index (χ2n) is 3.35. The minimum atomic E-state index is -4.42. The SMILES string of the molecule is CC(=O)c1ncc2ccc(C(F)(F)F)cn12. The number of alkyl halides is 3. The van der Waals surface area contributed by atoms with Crippen molar-refractivity contribution < 1.29 is 18.0 Å². The quantitative estimate of drug-likeness (QED) is 0.703. The average Bonchev–Trinajstić information content (AvgIpc) is 2.58. The molecule has 16 heavy (non-hydrogen) atoms. The molecule has 0 unspecified atom stereocenters. The van der Waals surface area contributed by atoms with Gasteiger partial charge in [0.25, 0.3) is 0 Å². The lowest BCUT2D eigenvalue weighted by Gasteiger charge is -2.07. The van der Waals surface area contributed by atoms with Crippen molar-refractivity contribution in [2.24, 2.45) is 0 Å². The van der Waals surface area contributed by atoms with Crippen molar-refractivity contribution in [2.45, 2.75) is 13.1 Å². The highest BCUT2D eigenvalue weighted by atomic mass is 19.4. The van der Waals surface area contributed by atoms with Gasteiger partial charge in [-0.25, -0.2) is 4.98 Å². The normalized spacial score (nSPS) is 12.0. The second kappa shape index (κ2) is 3.33. The van der Waals surface area contributed by atoms with Gasteiger partial charge in [-0.2, -0.15) is 13.2 Å². The zero-order valence-corrected chi connectivity index (χ0v) is 8.25. The van der Waals surface area contributed by atoms with E-state index in [1.54, 1.807) is 0 Å². The van der Waals surface area contributed by atoms with Crippen LogP contribution < -0.4 is 0 Å². The van der Waals surface area contributed by atoms with E-state index in [-0.39, 0.29) is 11.6 Å². The van der Waals surface area contributed by atoms with Gasteiger partial charge in [-0.15, -0.1) is 0 Å². The number of carbonyl (C=O) groups is 1. The molecule has 3 nitrogen and oxygen atoms in total. The first-order valence-corrected chi connectivity index (χ1v) is 4.45. The summed E-state index contributed by atoms with van der Waals surface area (Å²) in [6.07, 6.45) is -2.19. The van der Waals surface area contributed by atoms with Gasteiger partial charge in [-0.3, -0.25) is 9.20 Å². The van der Waals surface area contributed by atoms with Crippen LogP contribution in [0.4, 0.5) is 13.2 Å². The van der Waals surface area contributed by atoms with Crippen molar-refractivity contribution in [3.63, 3.8) is 0 Å². The molecule has 0 fully saturated rings. The van der Waals surface area contributed by atoms with Gasteiger partial charge in [0, 0.05) is 13.1 Å². The van der Waals surface area contributed by atoms with Crippen LogP contribution in [-0.4, -0.2) is 15.2 Å². The Morgan fingerprint density at radius 3 is 2.62 bits per heavy atom. The number of carbonyl (C=O) groups excluding carboxylic acids is 1. The van der Waals surface area contributed by atoms with E-state index in [9.17, 15) is 18.0 Å². The molecule has 0 amide bonds. The Bertz CT molecular complexity index is 557. The number of pyridine rings is 1. The number of hydrogen-bond donors (Lipinski definition) is 0. The summed E-state index contributed by atoms with van der Waals surface area (Å²) in [5.74, 6) is -0.375. The summed E-state index contributed by atoms with van der Waals surface area (Å²) in [6.45, 7) is 1.26. The third-order valence-corrected chi connectivity index (χ3v) is 2.17. The number of Topliss-reactive ketones (excluding diaryl/α,β-unsaturated/α-hetero) is 1. The first-order valence-electron chi connectivity index (χ1n) is 4.45. The highest BCUT2D eigenvalue weighted by Gasteiger charge is 2.31. The van der Waals surface area contributed by atoms with Gasteiger partial charge in [0.05, 0.1) is 17.3 Å². The molecular weight excluding hydrogens is 221 g/mol. The van der Waals surface area contributed by atoms with E-state index in [1.807, 2.05) is 0 Å². The molecule has 0 aliphatic carbocycles. The van der Waals surface area contributed by atoms with E-state index >= 15 is 0 Å². The van der Waals surface area contributed by atoms with Gasteiger partial charge in [-0.05, 0) is 12.1 Å². The molecule has 0 spiro atoms. The first kappa shape index (κ1) is 10.7.